The van der Waals surface area contributed by atoms with Crippen LogP contribution in [-0.2, 0) is 4.74 Å². The Kier molecular flexibility index (Phi) is 4.76. The Morgan fingerprint density at radius 1 is 1.14 bits per heavy atom. The molecule has 1 aliphatic rings. The molecule has 1 saturated heterocycles. The number of para-hydroxylation sites is 1. The minimum atomic E-state index is -1.52. The number of hydrogen-bond acceptors (Lipinski definition) is 7. The first kappa shape index (κ1) is 15.7. The number of benzene rings is 1. The lowest BCUT2D eigenvalue weighted by molar-refractivity contribution is -0.221. The Morgan fingerprint density at radius 2 is 1.81 bits per heavy atom. The number of carboxylic acid groups (broad SMARTS) is 1. The standard InChI is InChI=1S/C13H17NO7/c15-5-8-9(16)10(17)11(18)12(21-8)14-7-4-2-1-3-6(7)13(19)20/h1-4,8-12,14-18H,5H2,(H,19,20)/t8-,9-,10+,11-,12?/m1/s1. The predicted octanol–water partition coefficient (Wildman–Crippen LogP) is -1.40. The fourth-order valence-electron chi connectivity index (χ4n) is 2.17. The minimum Gasteiger partial charge on any atom is -0.478 e. The van der Waals surface area contributed by atoms with Gasteiger partial charge in [-0.3, -0.25) is 0 Å². The monoisotopic (exact) mass is 299 g/mol. The number of aromatic carboxylic acids is 1. The first-order valence-electron chi connectivity index (χ1n) is 6.35. The Morgan fingerprint density at radius 3 is 2.43 bits per heavy atom. The van der Waals surface area contributed by atoms with Crippen molar-refractivity contribution in [2.75, 3.05) is 11.9 Å². The number of anilines is 1. The third-order valence-corrected chi connectivity index (χ3v) is 3.35. The zero-order valence-corrected chi connectivity index (χ0v) is 11.0. The van der Waals surface area contributed by atoms with Gasteiger partial charge in [0.2, 0.25) is 0 Å². The highest BCUT2D eigenvalue weighted by molar-refractivity contribution is 5.94. The van der Waals surface area contributed by atoms with Gasteiger partial charge in [-0.1, -0.05) is 12.1 Å². The molecule has 21 heavy (non-hydrogen) atoms. The van der Waals surface area contributed by atoms with Gasteiger partial charge in [0, 0.05) is 0 Å². The van der Waals surface area contributed by atoms with Crippen molar-refractivity contribution >= 4 is 11.7 Å². The number of aliphatic hydroxyl groups is 4. The number of nitrogens with one attached hydrogen (secondary N) is 1. The maximum atomic E-state index is 11.1. The van der Waals surface area contributed by atoms with Crippen molar-refractivity contribution in [2.45, 2.75) is 30.6 Å². The molecule has 1 heterocycles. The van der Waals surface area contributed by atoms with Crippen molar-refractivity contribution < 1.29 is 35.1 Å². The normalized spacial score (nSPS) is 32.7. The van der Waals surface area contributed by atoms with Gasteiger partial charge in [0.1, 0.15) is 24.4 Å². The molecule has 0 amide bonds. The van der Waals surface area contributed by atoms with Gasteiger partial charge in [-0.25, -0.2) is 4.79 Å². The molecule has 6 N–H and O–H groups in total. The van der Waals surface area contributed by atoms with Crippen molar-refractivity contribution in [3.63, 3.8) is 0 Å². The van der Waals surface area contributed by atoms with Crippen LogP contribution in [0.5, 0.6) is 0 Å². The van der Waals surface area contributed by atoms with Gasteiger partial charge in [0.05, 0.1) is 17.9 Å². The second kappa shape index (κ2) is 6.37. The Labute approximate surface area is 120 Å². The van der Waals surface area contributed by atoms with Crippen LogP contribution < -0.4 is 5.32 Å². The SMILES string of the molecule is O=C(O)c1ccccc1NC1O[C@H](CO)[C@@H](O)[C@H](O)[C@H]1O. The van der Waals surface area contributed by atoms with E-state index in [9.17, 15) is 20.1 Å². The Hall–Kier alpha value is -1.71. The lowest BCUT2D eigenvalue weighted by Crippen LogP contribution is -2.60. The molecule has 116 valence electrons. The van der Waals surface area contributed by atoms with E-state index in [0.29, 0.717) is 0 Å². The average Bonchev–Trinajstić information content (AvgIpc) is 2.48. The molecule has 0 aliphatic carbocycles. The van der Waals surface area contributed by atoms with Crippen LogP contribution in [0.2, 0.25) is 0 Å². The minimum absolute atomic E-state index is 0.0329. The van der Waals surface area contributed by atoms with Gasteiger partial charge >= 0.3 is 5.97 Å². The fraction of sp³-hybridized carbons (Fsp3) is 0.462. The third-order valence-electron chi connectivity index (χ3n) is 3.35. The summed E-state index contributed by atoms with van der Waals surface area (Å²) < 4.78 is 5.26. The molecule has 1 aliphatic heterocycles. The van der Waals surface area contributed by atoms with Gasteiger partial charge in [-0.15, -0.1) is 0 Å². The van der Waals surface area contributed by atoms with Crippen molar-refractivity contribution in [1.29, 1.82) is 0 Å². The van der Waals surface area contributed by atoms with E-state index in [0.717, 1.165) is 0 Å². The van der Waals surface area contributed by atoms with Crippen LogP contribution in [0.25, 0.3) is 0 Å². The summed E-state index contributed by atoms with van der Waals surface area (Å²) in [5.74, 6) is -1.16. The lowest BCUT2D eigenvalue weighted by Gasteiger charge is -2.40. The first-order chi connectivity index (χ1) is 9.95. The molecule has 5 atom stereocenters. The maximum Gasteiger partial charge on any atom is 0.337 e. The van der Waals surface area contributed by atoms with Crippen LogP contribution in [0.15, 0.2) is 24.3 Å². The summed E-state index contributed by atoms with van der Waals surface area (Å²) in [5.41, 5.74) is 0.156. The van der Waals surface area contributed by atoms with Crippen LogP contribution in [0.1, 0.15) is 10.4 Å². The highest BCUT2D eigenvalue weighted by atomic mass is 16.6. The maximum absolute atomic E-state index is 11.1. The molecule has 0 saturated carbocycles. The third kappa shape index (κ3) is 3.14. The van der Waals surface area contributed by atoms with E-state index in [2.05, 4.69) is 5.32 Å². The Bertz CT molecular complexity index is 507. The number of hydrogen-bond donors (Lipinski definition) is 6. The summed E-state index contributed by atoms with van der Waals surface area (Å²) in [6, 6.07) is 5.99. The van der Waals surface area contributed by atoms with E-state index in [-0.39, 0.29) is 11.3 Å². The van der Waals surface area contributed by atoms with Gasteiger partial charge in [0.25, 0.3) is 0 Å². The second-order valence-corrected chi connectivity index (χ2v) is 4.74. The predicted molar refractivity (Wildman–Crippen MR) is 70.8 cm³/mol. The molecular formula is C13H17NO7. The van der Waals surface area contributed by atoms with E-state index >= 15 is 0 Å². The van der Waals surface area contributed by atoms with E-state index < -0.39 is 43.2 Å². The number of carbonyl (C=O) groups is 1. The molecule has 8 nitrogen and oxygen atoms in total. The molecule has 8 heteroatoms. The first-order valence-corrected chi connectivity index (χ1v) is 6.35. The van der Waals surface area contributed by atoms with Crippen LogP contribution in [-0.4, -0.2) is 68.8 Å². The summed E-state index contributed by atoms with van der Waals surface area (Å²) in [7, 11) is 0. The van der Waals surface area contributed by atoms with Crippen molar-refractivity contribution in [1.82, 2.24) is 0 Å². The van der Waals surface area contributed by atoms with Crippen LogP contribution in [0.4, 0.5) is 5.69 Å². The highest BCUT2D eigenvalue weighted by Gasteiger charge is 2.43. The summed E-state index contributed by atoms with van der Waals surface area (Å²) in [4.78, 5) is 11.1. The number of aliphatic hydroxyl groups excluding tert-OH is 4. The molecule has 0 radical (unpaired) electrons. The number of carboxylic acids is 1. The van der Waals surface area contributed by atoms with Crippen molar-refractivity contribution in [2.24, 2.45) is 0 Å². The highest BCUT2D eigenvalue weighted by Crippen LogP contribution is 2.24. The molecule has 2 rings (SSSR count). The molecule has 0 bridgehead atoms. The molecule has 1 aromatic carbocycles. The molecule has 0 aromatic heterocycles. The largest absolute Gasteiger partial charge is 0.478 e. The molecule has 0 spiro atoms. The quantitative estimate of drug-likeness (QED) is 0.399. The zero-order valence-electron chi connectivity index (χ0n) is 11.0. The van der Waals surface area contributed by atoms with Crippen LogP contribution in [0.3, 0.4) is 0 Å². The lowest BCUT2D eigenvalue weighted by atomic mass is 9.98. The zero-order chi connectivity index (χ0) is 15.6. The molecule has 1 fully saturated rings. The summed E-state index contributed by atoms with van der Waals surface area (Å²) in [6.45, 7) is -0.552. The summed E-state index contributed by atoms with van der Waals surface area (Å²) in [6.07, 6.45) is -6.69. The van der Waals surface area contributed by atoms with E-state index in [4.69, 9.17) is 14.9 Å². The van der Waals surface area contributed by atoms with E-state index in [1.165, 1.54) is 12.1 Å². The summed E-state index contributed by atoms with van der Waals surface area (Å²) >= 11 is 0. The van der Waals surface area contributed by atoms with Gasteiger partial charge in [0.15, 0.2) is 6.23 Å². The van der Waals surface area contributed by atoms with E-state index in [1.807, 2.05) is 0 Å². The fourth-order valence-corrected chi connectivity index (χ4v) is 2.17. The molecule has 1 aromatic rings. The van der Waals surface area contributed by atoms with Crippen LogP contribution >= 0.6 is 0 Å². The smallest absolute Gasteiger partial charge is 0.337 e. The van der Waals surface area contributed by atoms with Crippen molar-refractivity contribution in [3.8, 4) is 0 Å². The molecule has 1 unspecified atom stereocenters. The topological polar surface area (TPSA) is 139 Å². The molecular weight excluding hydrogens is 282 g/mol. The number of ether oxygens (including phenoxy) is 1. The van der Waals surface area contributed by atoms with Crippen LogP contribution in [0, 0.1) is 0 Å². The van der Waals surface area contributed by atoms with Gasteiger partial charge < -0.3 is 35.6 Å². The van der Waals surface area contributed by atoms with Crippen molar-refractivity contribution in [3.05, 3.63) is 29.8 Å². The van der Waals surface area contributed by atoms with Gasteiger partial charge in [-0.05, 0) is 12.1 Å². The van der Waals surface area contributed by atoms with E-state index in [1.54, 1.807) is 12.1 Å². The Balaban J connectivity index is 2.20. The second-order valence-electron chi connectivity index (χ2n) is 4.74. The average molecular weight is 299 g/mol. The summed E-state index contributed by atoms with van der Waals surface area (Å²) in [5, 5.41) is 50.1. The van der Waals surface area contributed by atoms with Gasteiger partial charge in [-0.2, -0.15) is 0 Å². The number of rotatable bonds is 4.